The van der Waals surface area contributed by atoms with Gasteiger partial charge in [-0.15, -0.1) is 0 Å². The van der Waals surface area contributed by atoms with Crippen LogP contribution in [0.2, 0.25) is 6.04 Å². The van der Waals surface area contributed by atoms with E-state index in [1.54, 1.807) is 6.08 Å². The SMILES string of the molecule is N#CC=CC[SiH2]Cl. The first kappa shape index (κ1) is 6.74. The zero-order valence-corrected chi connectivity index (χ0v) is 6.06. The maximum atomic E-state index is 7.93. The monoisotopic (exact) mass is 131 g/mol. The highest BCUT2D eigenvalue weighted by atomic mass is 35.6. The van der Waals surface area contributed by atoms with E-state index in [1.807, 2.05) is 6.07 Å². The van der Waals surface area contributed by atoms with Gasteiger partial charge in [0.1, 0.15) is 8.83 Å². The van der Waals surface area contributed by atoms with Crippen molar-refractivity contribution in [2.45, 2.75) is 6.04 Å². The molecule has 0 saturated carbocycles. The summed E-state index contributed by atoms with van der Waals surface area (Å²) < 4.78 is 0. The Bertz CT molecular complexity index is 94.4. The predicted octanol–water partition coefficient (Wildman–Crippen LogP) is 0.807. The molecule has 0 rings (SSSR count). The second-order valence-corrected chi connectivity index (χ2v) is 3.10. The fourth-order valence-electron chi connectivity index (χ4n) is 0.199. The van der Waals surface area contributed by atoms with Crippen LogP contribution in [0.4, 0.5) is 0 Å². The van der Waals surface area contributed by atoms with Gasteiger partial charge in [0.15, 0.2) is 0 Å². The summed E-state index contributed by atoms with van der Waals surface area (Å²) in [5.41, 5.74) is 0. The molecule has 7 heavy (non-hydrogen) atoms. The van der Waals surface area contributed by atoms with Gasteiger partial charge in [0, 0.05) is 6.08 Å². The van der Waals surface area contributed by atoms with Crippen molar-refractivity contribution in [3.05, 3.63) is 12.2 Å². The van der Waals surface area contributed by atoms with E-state index in [0.717, 1.165) is 6.04 Å². The van der Waals surface area contributed by atoms with Gasteiger partial charge in [-0.05, 0) is 6.04 Å². The Morgan fingerprint density at radius 3 is 3.00 bits per heavy atom. The van der Waals surface area contributed by atoms with Crippen molar-refractivity contribution < 1.29 is 0 Å². The van der Waals surface area contributed by atoms with Gasteiger partial charge in [0.05, 0.1) is 6.07 Å². The maximum Gasteiger partial charge on any atom is 0.129 e. The summed E-state index contributed by atoms with van der Waals surface area (Å²) in [4.78, 5) is 0. The molecular weight excluding hydrogens is 126 g/mol. The van der Waals surface area contributed by atoms with Gasteiger partial charge in [-0.1, -0.05) is 6.08 Å². The molecule has 0 aromatic rings. The van der Waals surface area contributed by atoms with Gasteiger partial charge in [0.2, 0.25) is 0 Å². The second kappa shape index (κ2) is 5.74. The molecule has 0 fully saturated rings. The summed E-state index contributed by atoms with van der Waals surface area (Å²) in [6, 6.07) is 2.81. The Morgan fingerprint density at radius 1 is 1.86 bits per heavy atom. The van der Waals surface area contributed by atoms with Crippen molar-refractivity contribution in [3.8, 4) is 6.07 Å². The van der Waals surface area contributed by atoms with Crippen LogP contribution in [-0.2, 0) is 0 Å². The third kappa shape index (κ3) is 5.74. The normalized spacial score (nSPS) is 10.9. The zero-order chi connectivity index (χ0) is 5.54. The van der Waals surface area contributed by atoms with E-state index in [-0.39, 0.29) is 8.83 Å². The molecule has 0 aliphatic carbocycles. The van der Waals surface area contributed by atoms with Crippen molar-refractivity contribution in [2.75, 3.05) is 0 Å². The first-order chi connectivity index (χ1) is 3.41. The Morgan fingerprint density at radius 2 is 2.57 bits per heavy atom. The molecule has 0 aromatic heterocycles. The molecule has 0 unspecified atom stereocenters. The molecule has 0 heterocycles. The third-order valence-corrected chi connectivity index (χ3v) is 1.67. The highest BCUT2D eigenvalue weighted by Crippen LogP contribution is 1.82. The van der Waals surface area contributed by atoms with Crippen LogP contribution < -0.4 is 0 Å². The Kier molecular flexibility index (Phi) is 5.52. The van der Waals surface area contributed by atoms with Crippen LogP contribution in [0.1, 0.15) is 0 Å². The number of hydrogen-bond donors (Lipinski definition) is 0. The van der Waals surface area contributed by atoms with Crippen molar-refractivity contribution in [1.82, 2.24) is 0 Å². The van der Waals surface area contributed by atoms with E-state index in [1.165, 1.54) is 6.08 Å². The topological polar surface area (TPSA) is 23.8 Å². The van der Waals surface area contributed by atoms with Crippen LogP contribution in [0.5, 0.6) is 0 Å². The molecule has 3 heteroatoms. The maximum absolute atomic E-state index is 7.93. The van der Waals surface area contributed by atoms with Crippen LogP contribution in [0.25, 0.3) is 0 Å². The standard InChI is InChI=1S/C4H6ClNSi/c5-7-4-2-1-3-6/h1-2H,4,7H2. The van der Waals surface area contributed by atoms with E-state index in [9.17, 15) is 0 Å². The molecule has 0 saturated heterocycles. The lowest BCUT2D eigenvalue weighted by Crippen LogP contribution is -1.67. The molecule has 0 aliphatic rings. The molecule has 0 radical (unpaired) electrons. The van der Waals surface area contributed by atoms with E-state index in [2.05, 4.69) is 0 Å². The average molecular weight is 132 g/mol. The number of nitriles is 1. The van der Waals surface area contributed by atoms with Gasteiger partial charge in [-0.25, -0.2) is 0 Å². The Balaban J connectivity index is 2.97. The van der Waals surface area contributed by atoms with Gasteiger partial charge < -0.3 is 0 Å². The minimum atomic E-state index is -0.372. The molecule has 0 bridgehead atoms. The van der Waals surface area contributed by atoms with Crippen LogP contribution in [0, 0.1) is 11.3 Å². The average Bonchev–Trinajstić information content (AvgIpc) is 1.69. The summed E-state index contributed by atoms with van der Waals surface area (Å²) in [6.45, 7) is 0. The molecule has 0 spiro atoms. The lowest BCUT2D eigenvalue weighted by molar-refractivity contribution is 1.53. The molecule has 1 nitrogen and oxygen atoms in total. The van der Waals surface area contributed by atoms with Crippen molar-refractivity contribution in [2.24, 2.45) is 0 Å². The van der Waals surface area contributed by atoms with E-state index in [4.69, 9.17) is 16.3 Å². The molecular formula is C4H6ClNSi. The smallest absolute Gasteiger partial charge is 0.129 e. The van der Waals surface area contributed by atoms with Crippen molar-refractivity contribution in [1.29, 1.82) is 5.26 Å². The molecule has 0 atom stereocenters. The summed E-state index contributed by atoms with van der Waals surface area (Å²) in [7, 11) is -0.372. The second-order valence-electron chi connectivity index (χ2n) is 1.01. The molecule has 38 valence electrons. The lowest BCUT2D eigenvalue weighted by atomic mass is 10.6. The number of rotatable bonds is 2. The van der Waals surface area contributed by atoms with Crippen LogP contribution in [-0.4, -0.2) is 8.83 Å². The van der Waals surface area contributed by atoms with Gasteiger partial charge >= 0.3 is 0 Å². The van der Waals surface area contributed by atoms with E-state index >= 15 is 0 Å². The quantitative estimate of drug-likeness (QED) is 0.309. The van der Waals surface area contributed by atoms with Gasteiger partial charge in [0.25, 0.3) is 0 Å². The van der Waals surface area contributed by atoms with E-state index < -0.39 is 0 Å². The van der Waals surface area contributed by atoms with Crippen LogP contribution in [0.3, 0.4) is 0 Å². The first-order valence-corrected chi connectivity index (χ1v) is 5.16. The number of hydrogen-bond acceptors (Lipinski definition) is 1. The molecule has 0 N–H and O–H groups in total. The summed E-state index contributed by atoms with van der Waals surface area (Å²) >= 11 is 5.42. The number of halogens is 1. The Labute approximate surface area is 50.1 Å². The lowest BCUT2D eigenvalue weighted by Gasteiger charge is -1.71. The molecule has 0 aliphatic heterocycles. The Hall–Kier alpha value is -0.263. The summed E-state index contributed by atoms with van der Waals surface area (Å²) in [5, 5.41) is 7.93. The fourth-order valence-corrected chi connectivity index (χ4v) is 0.870. The van der Waals surface area contributed by atoms with Crippen molar-refractivity contribution in [3.63, 3.8) is 0 Å². The zero-order valence-electron chi connectivity index (χ0n) is 3.89. The number of nitrogens with zero attached hydrogens (tertiary/aromatic N) is 1. The van der Waals surface area contributed by atoms with Gasteiger partial charge in [-0.3, -0.25) is 0 Å². The fraction of sp³-hybridized carbons (Fsp3) is 0.250. The van der Waals surface area contributed by atoms with Gasteiger partial charge in [-0.2, -0.15) is 16.3 Å². The summed E-state index contributed by atoms with van der Waals surface area (Å²) in [6.07, 6.45) is 3.27. The number of allylic oxidation sites excluding steroid dienone is 2. The first-order valence-electron chi connectivity index (χ1n) is 2.02. The van der Waals surface area contributed by atoms with Crippen LogP contribution >= 0.6 is 11.1 Å². The molecule has 0 aromatic carbocycles. The highest BCUT2D eigenvalue weighted by molar-refractivity contribution is 6.93. The minimum absolute atomic E-state index is 0.372. The van der Waals surface area contributed by atoms with Crippen molar-refractivity contribution >= 4 is 19.9 Å². The summed E-state index contributed by atoms with van der Waals surface area (Å²) in [5.74, 6) is 0. The van der Waals surface area contributed by atoms with Crippen LogP contribution in [0.15, 0.2) is 12.2 Å². The highest BCUT2D eigenvalue weighted by Gasteiger charge is 1.71. The predicted molar refractivity (Wildman–Crippen MR) is 34.0 cm³/mol. The van der Waals surface area contributed by atoms with E-state index in [0.29, 0.717) is 0 Å². The third-order valence-electron chi connectivity index (χ3n) is 0.468. The minimum Gasteiger partial charge on any atom is -0.193 e. The largest absolute Gasteiger partial charge is 0.193 e. The molecule has 0 amide bonds.